The Hall–Kier alpha value is -2.19. The van der Waals surface area contributed by atoms with Crippen LogP contribution < -0.4 is 28.5 Å². The number of anilines is 1. The summed E-state index contributed by atoms with van der Waals surface area (Å²) in [7, 11) is 3.99. The van der Waals surface area contributed by atoms with Crippen molar-refractivity contribution in [3.05, 3.63) is 56.4 Å². The van der Waals surface area contributed by atoms with Crippen LogP contribution in [-0.2, 0) is 26.1 Å². The van der Waals surface area contributed by atoms with E-state index in [4.69, 9.17) is 23.7 Å². The molecule has 0 spiro atoms. The summed E-state index contributed by atoms with van der Waals surface area (Å²) in [4.78, 5) is 15.3. The van der Waals surface area contributed by atoms with E-state index in [2.05, 4.69) is 21.6 Å². The number of Topliss-reactive ketones (excluding diaryl/α,β-unsaturated/α-hetero) is 1. The van der Waals surface area contributed by atoms with Crippen molar-refractivity contribution >= 4 is 66.3 Å². The van der Waals surface area contributed by atoms with Gasteiger partial charge in [-0.1, -0.05) is 0 Å². The Balaban J connectivity index is 1.21. The fourth-order valence-electron chi connectivity index (χ4n) is 4.93. The Morgan fingerprint density at radius 2 is 1.61 bits per heavy atom. The maximum absolute atomic E-state index is 13.2. The molecule has 2 atom stereocenters. The van der Waals surface area contributed by atoms with Crippen molar-refractivity contribution in [1.29, 1.82) is 0 Å². The molecule has 3 aromatic rings. The van der Waals surface area contributed by atoms with E-state index in [0.717, 1.165) is 19.5 Å². The Morgan fingerprint density at radius 3 is 2.27 bits per heavy atom. The topological polar surface area (TPSA) is 93.4 Å². The zero-order valence-corrected chi connectivity index (χ0v) is 27.0. The summed E-state index contributed by atoms with van der Waals surface area (Å²) in [6.07, 6.45) is 2.70. The third kappa shape index (κ3) is 6.15. The SMILES string of the molecule is CN1/C(=C/C2C(=O)/C(=C/c3[te]c4cc5c(cc4[n+]3C)OCCOCCOCCOCCO5)C2[O-])[Se]c2ccccc21. The number of aromatic nitrogens is 1. The Bertz CT molecular complexity index is 1500. The molecule has 1 aliphatic carbocycles. The Kier molecular flexibility index (Phi) is 9.16. The van der Waals surface area contributed by atoms with Crippen LogP contribution in [0.1, 0.15) is 3.71 Å². The quantitative estimate of drug-likeness (QED) is 0.209. The number of aryl methyl sites for hydroxylation is 1. The summed E-state index contributed by atoms with van der Waals surface area (Å²) in [6, 6.07) is 12.3. The van der Waals surface area contributed by atoms with E-state index in [-0.39, 0.29) is 20.7 Å². The third-order valence-electron chi connectivity index (χ3n) is 7.24. The van der Waals surface area contributed by atoms with E-state index in [1.807, 2.05) is 50.5 Å². The van der Waals surface area contributed by atoms with Gasteiger partial charge in [0.2, 0.25) is 0 Å². The van der Waals surface area contributed by atoms with Crippen molar-refractivity contribution in [3.63, 3.8) is 0 Å². The second-order valence-corrected chi connectivity index (χ2v) is 15.1. The van der Waals surface area contributed by atoms with Crippen molar-refractivity contribution in [3.8, 4) is 11.5 Å². The molecule has 2 aliphatic heterocycles. The first-order valence-corrected chi connectivity index (χ1v) is 17.6. The zero-order valence-electron chi connectivity index (χ0n) is 23.0. The van der Waals surface area contributed by atoms with Gasteiger partial charge >= 0.3 is 256 Å². The number of fused-ring (bicyclic) bond motifs is 3. The summed E-state index contributed by atoms with van der Waals surface area (Å²) in [5, 5.41) is 13.2. The molecule has 6 rings (SSSR count). The molecule has 0 bridgehead atoms. The Labute approximate surface area is 255 Å². The van der Waals surface area contributed by atoms with Crippen molar-refractivity contribution in [2.45, 2.75) is 6.10 Å². The minimum absolute atomic E-state index is 0.0615. The first kappa shape index (κ1) is 28.9. The molecule has 1 saturated carbocycles. The number of carbonyl (C=O) groups excluding carboxylic acids is 1. The van der Waals surface area contributed by atoms with Crippen LogP contribution in [0.5, 0.6) is 11.5 Å². The van der Waals surface area contributed by atoms with E-state index in [1.165, 1.54) is 7.86 Å². The molecular formula is C30H32N2O7SeTe. The van der Waals surface area contributed by atoms with Crippen LogP contribution in [0.4, 0.5) is 5.69 Å². The second kappa shape index (κ2) is 13.0. The predicted octanol–water partition coefficient (Wildman–Crippen LogP) is 0.174. The zero-order chi connectivity index (χ0) is 28.3. The molecule has 3 heterocycles. The molecule has 11 heteroatoms. The number of nitrogens with zero attached hydrogens (tertiary/aromatic N) is 2. The predicted molar refractivity (Wildman–Crippen MR) is 154 cm³/mol. The van der Waals surface area contributed by atoms with Gasteiger partial charge in [0, 0.05) is 0 Å². The first-order valence-electron chi connectivity index (χ1n) is 13.6. The molecule has 41 heavy (non-hydrogen) atoms. The number of carbonyl (C=O) groups is 1. The second-order valence-electron chi connectivity index (χ2n) is 9.84. The van der Waals surface area contributed by atoms with E-state index < -0.39 is 32.5 Å². The number of rotatable bonds is 2. The summed E-state index contributed by atoms with van der Waals surface area (Å²) < 4.78 is 35.4. The van der Waals surface area contributed by atoms with Crippen LogP contribution in [0.2, 0.25) is 0 Å². The van der Waals surface area contributed by atoms with Gasteiger partial charge in [0.1, 0.15) is 0 Å². The average molecular weight is 739 g/mol. The third-order valence-corrected chi connectivity index (χ3v) is 13.0. The van der Waals surface area contributed by atoms with E-state index in [9.17, 15) is 9.90 Å². The van der Waals surface area contributed by atoms with Crippen LogP contribution in [0.25, 0.3) is 15.0 Å². The number of ether oxygens (including phenoxy) is 5. The number of ketones is 1. The Morgan fingerprint density at radius 1 is 0.976 bits per heavy atom. The number of hydrogen-bond acceptors (Lipinski definition) is 8. The molecule has 2 unspecified atom stereocenters. The molecule has 1 aromatic heterocycles. The molecule has 0 amide bonds. The molecule has 0 N–H and O–H groups in total. The monoisotopic (exact) mass is 742 g/mol. The van der Waals surface area contributed by atoms with E-state index >= 15 is 0 Å². The number of para-hydroxylation sites is 1. The van der Waals surface area contributed by atoms with Crippen LogP contribution >= 0.6 is 0 Å². The van der Waals surface area contributed by atoms with Crippen LogP contribution in [0.15, 0.2) is 52.6 Å². The summed E-state index contributed by atoms with van der Waals surface area (Å²) in [5.74, 6) is 0.640. The van der Waals surface area contributed by atoms with Gasteiger partial charge in [0.15, 0.2) is 0 Å². The molecule has 9 nitrogen and oxygen atoms in total. The van der Waals surface area contributed by atoms with Gasteiger partial charge in [-0.15, -0.1) is 0 Å². The summed E-state index contributed by atoms with van der Waals surface area (Å²) in [6.45, 7) is 3.72. The van der Waals surface area contributed by atoms with Gasteiger partial charge < -0.3 is 0 Å². The summed E-state index contributed by atoms with van der Waals surface area (Å²) in [5.41, 5.74) is 2.56. The minimum atomic E-state index is -1.05. The number of hydrogen-bond donors (Lipinski definition) is 0. The fraction of sp³-hybridized carbons (Fsp3) is 0.400. The van der Waals surface area contributed by atoms with Gasteiger partial charge in [-0.3, -0.25) is 0 Å². The van der Waals surface area contributed by atoms with Gasteiger partial charge in [-0.05, 0) is 0 Å². The van der Waals surface area contributed by atoms with Gasteiger partial charge in [-0.2, -0.15) is 0 Å². The molecule has 216 valence electrons. The average Bonchev–Trinajstić information content (AvgIpc) is 3.46. The van der Waals surface area contributed by atoms with Gasteiger partial charge in [0.25, 0.3) is 0 Å². The van der Waals surface area contributed by atoms with Crippen molar-refractivity contribution in [2.75, 3.05) is 64.8 Å². The molecule has 0 radical (unpaired) electrons. The standard InChI is InChI=1S/C30H32N2O7SeTe/c1-31-21-5-3-4-6-25(21)40-27(31)15-19-29(33)20(30(19)34)16-28-32(2)22-17-23-24(18-26(22)41-28)39-14-12-37-10-8-35-7-9-36-11-13-38-23/h3-6,15-19,29H,7-14H2,1-2H3/b20-16+,27-15-. The van der Waals surface area contributed by atoms with Crippen molar-refractivity contribution < 1.29 is 38.2 Å². The number of benzene rings is 2. The maximum atomic E-state index is 13.2. The molecule has 1 fully saturated rings. The molecule has 2 aromatic carbocycles. The molecule has 3 aliphatic rings. The van der Waals surface area contributed by atoms with Gasteiger partial charge in [-0.25, -0.2) is 0 Å². The van der Waals surface area contributed by atoms with Crippen LogP contribution in [0.3, 0.4) is 0 Å². The fourth-order valence-corrected chi connectivity index (χ4v) is 10.5. The van der Waals surface area contributed by atoms with Crippen molar-refractivity contribution in [1.82, 2.24) is 0 Å². The van der Waals surface area contributed by atoms with Gasteiger partial charge in [0.05, 0.1) is 0 Å². The molecular weight excluding hydrogens is 707 g/mol. The van der Waals surface area contributed by atoms with Crippen LogP contribution in [-0.4, -0.2) is 107 Å². The first-order chi connectivity index (χ1) is 20.0. The normalized spacial score (nSPS) is 24.3. The van der Waals surface area contributed by atoms with E-state index in [0.29, 0.717) is 69.9 Å². The molecule has 0 saturated heterocycles. The van der Waals surface area contributed by atoms with E-state index in [1.54, 1.807) is 0 Å². The summed E-state index contributed by atoms with van der Waals surface area (Å²) >= 11 is -0.737. The van der Waals surface area contributed by atoms with Crippen LogP contribution in [0, 0.1) is 5.92 Å². The van der Waals surface area contributed by atoms with Crippen molar-refractivity contribution in [2.24, 2.45) is 13.0 Å².